The van der Waals surface area contributed by atoms with E-state index in [0.29, 0.717) is 23.0 Å². The molecular weight excluding hydrogens is 439 g/mol. The van der Waals surface area contributed by atoms with Gasteiger partial charge in [0.2, 0.25) is 12.6 Å². The molecule has 0 aromatic heterocycles. The summed E-state index contributed by atoms with van der Waals surface area (Å²) in [6.45, 7) is 5.13. The monoisotopic (exact) mass is 466 g/mol. The number of hydrogen-bond donors (Lipinski definition) is 0. The van der Waals surface area contributed by atoms with Gasteiger partial charge in [0.15, 0.2) is 0 Å². The van der Waals surface area contributed by atoms with E-state index in [1.165, 1.54) is 0 Å². The van der Waals surface area contributed by atoms with Gasteiger partial charge in [-0.3, -0.25) is 0 Å². The molecule has 0 amide bonds. The Hall–Kier alpha value is -0.730. The fraction of sp³-hybridized carbons (Fsp3) is 0.700. The highest BCUT2D eigenvalue weighted by Crippen LogP contribution is 2.45. The second-order valence-corrected chi connectivity index (χ2v) is 8.64. The Morgan fingerprint density at radius 3 is 1.55 bits per heavy atom. The van der Waals surface area contributed by atoms with Gasteiger partial charge in [0, 0.05) is 0 Å². The van der Waals surface area contributed by atoms with E-state index >= 15 is 0 Å². The van der Waals surface area contributed by atoms with Crippen molar-refractivity contribution in [1.82, 2.24) is 0 Å². The van der Waals surface area contributed by atoms with E-state index in [9.17, 15) is 9.59 Å². The van der Waals surface area contributed by atoms with Crippen LogP contribution in [-0.4, -0.2) is 37.7 Å². The minimum atomic E-state index is -0.917. The Balaban J connectivity index is 1.98. The van der Waals surface area contributed by atoms with Crippen molar-refractivity contribution in [2.24, 2.45) is 0 Å². The lowest BCUT2D eigenvalue weighted by Crippen LogP contribution is -2.18. The minimum absolute atomic E-state index is 0.0773. The molecule has 2 aliphatic heterocycles. The molecule has 0 aromatic carbocycles. The first-order valence-electron chi connectivity index (χ1n) is 10.1. The normalized spacial score (nSPS) is 21.9. The van der Waals surface area contributed by atoms with Crippen molar-refractivity contribution in [3.05, 3.63) is 19.9 Å². The van der Waals surface area contributed by atoms with Gasteiger partial charge in [0.1, 0.15) is 10.1 Å². The van der Waals surface area contributed by atoms with E-state index in [2.05, 4.69) is 13.8 Å². The van der Waals surface area contributed by atoms with Crippen LogP contribution in [0.1, 0.15) is 65.2 Å². The maximum Gasteiger partial charge on any atom is 0.353 e. The Kier molecular flexibility index (Phi) is 10.9. The summed E-state index contributed by atoms with van der Waals surface area (Å²) in [5.74, 6) is -1.32. The zero-order chi connectivity index (χ0) is 21.2. The zero-order valence-corrected chi connectivity index (χ0v) is 19.2. The zero-order valence-electron chi connectivity index (χ0n) is 16.8. The quantitative estimate of drug-likeness (QED) is 0.244. The average Bonchev–Trinajstić information content (AvgIpc) is 3.12. The SMILES string of the molecule is CCCCCCOC1OC(=O)C(Cl)=C1SC1=C(Cl)C(=O)OC1OCCCCCC. The highest BCUT2D eigenvalue weighted by Gasteiger charge is 2.41. The molecule has 0 saturated heterocycles. The number of ether oxygens (including phenoxy) is 4. The average molecular weight is 467 g/mol. The molecule has 9 heteroatoms. The molecule has 0 aromatic rings. The smallest absolute Gasteiger partial charge is 0.353 e. The first kappa shape index (κ1) is 24.5. The molecule has 0 bridgehead atoms. The maximum absolute atomic E-state index is 11.9. The lowest BCUT2D eigenvalue weighted by Gasteiger charge is -2.18. The van der Waals surface area contributed by atoms with Gasteiger partial charge in [-0.2, -0.15) is 0 Å². The van der Waals surface area contributed by atoms with Crippen LogP contribution < -0.4 is 0 Å². The lowest BCUT2D eigenvalue weighted by atomic mass is 10.2. The standard InChI is InChI=1S/C20H28Cl2O6S/c1-3-5-7-9-11-25-19-15(13(21)17(23)27-19)29-16-14(22)18(24)28-20(16)26-12-10-8-6-4-2/h19-20H,3-12H2,1-2H3. The Morgan fingerprint density at radius 1 is 0.759 bits per heavy atom. The molecule has 6 nitrogen and oxygen atoms in total. The molecule has 0 fully saturated rings. The Bertz CT molecular complexity index is 595. The molecule has 0 saturated carbocycles. The van der Waals surface area contributed by atoms with Gasteiger partial charge in [-0.15, -0.1) is 0 Å². The van der Waals surface area contributed by atoms with Gasteiger partial charge >= 0.3 is 11.9 Å². The summed E-state index contributed by atoms with van der Waals surface area (Å²) in [6.07, 6.45) is 6.40. The molecule has 164 valence electrons. The van der Waals surface area contributed by atoms with Crippen LogP contribution in [0, 0.1) is 0 Å². The van der Waals surface area contributed by atoms with Gasteiger partial charge in [-0.05, 0) is 12.8 Å². The molecule has 2 rings (SSSR count). The third kappa shape index (κ3) is 7.17. The summed E-state index contributed by atoms with van der Waals surface area (Å²) in [5.41, 5.74) is 0. The van der Waals surface area contributed by atoms with Crippen LogP contribution in [0.5, 0.6) is 0 Å². The van der Waals surface area contributed by atoms with Gasteiger partial charge in [-0.25, -0.2) is 9.59 Å². The predicted octanol–water partition coefficient (Wildman–Crippen LogP) is 5.58. The molecule has 2 atom stereocenters. The first-order valence-corrected chi connectivity index (χ1v) is 11.7. The Morgan fingerprint density at radius 2 is 1.17 bits per heavy atom. The van der Waals surface area contributed by atoms with Crippen LogP contribution in [0.25, 0.3) is 0 Å². The molecular formula is C20H28Cl2O6S. The van der Waals surface area contributed by atoms with Crippen LogP contribution in [0.2, 0.25) is 0 Å². The van der Waals surface area contributed by atoms with Crippen molar-refractivity contribution in [3.8, 4) is 0 Å². The minimum Gasteiger partial charge on any atom is -0.426 e. The molecule has 0 N–H and O–H groups in total. The van der Waals surface area contributed by atoms with E-state index < -0.39 is 24.5 Å². The molecule has 2 heterocycles. The number of cyclic esters (lactones) is 2. The number of halogens is 2. The lowest BCUT2D eigenvalue weighted by molar-refractivity contribution is -0.159. The van der Waals surface area contributed by atoms with E-state index in [4.69, 9.17) is 42.1 Å². The van der Waals surface area contributed by atoms with Crippen molar-refractivity contribution in [3.63, 3.8) is 0 Å². The van der Waals surface area contributed by atoms with E-state index in [1.54, 1.807) is 0 Å². The number of carbonyl (C=O) groups excluding carboxylic acids is 2. The fourth-order valence-electron chi connectivity index (χ4n) is 2.78. The summed E-state index contributed by atoms with van der Waals surface area (Å²) in [4.78, 5) is 24.6. The second-order valence-electron chi connectivity index (χ2n) is 6.80. The number of esters is 2. The molecule has 2 unspecified atom stereocenters. The Labute approximate surface area is 186 Å². The van der Waals surface area contributed by atoms with Crippen molar-refractivity contribution in [2.45, 2.75) is 77.8 Å². The van der Waals surface area contributed by atoms with Crippen LogP contribution in [-0.2, 0) is 28.5 Å². The van der Waals surface area contributed by atoms with Gasteiger partial charge in [0.05, 0.1) is 23.0 Å². The second kappa shape index (κ2) is 12.8. The predicted molar refractivity (Wildman–Crippen MR) is 113 cm³/mol. The molecule has 2 aliphatic rings. The topological polar surface area (TPSA) is 71.1 Å². The van der Waals surface area contributed by atoms with E-state index in [-0.39, 0.29) is 10.1 Å². The van der Waals surface area contributed by atoms with Crippen molar-refractivity contribution in [1.29, 1.82) is 0 Å². The molecule has 0 radical (unpaired) electrons. The summed E-state index contributed by atoms with van der Waals surface area (Å²) >= 11 is 13.3. The number of carbonyl (C=O) groups is 2. The summed E-state index contributed by atoms with van der Waals surface area (Å²) in [6, 6.07) is 0. The third-order valence-electron chi connectivity index (χ3n) is 4.40. The van der Waals surface area contributed by atoms with Gasteiger partial charge in [-0.1, -0.05) is 87.3 Å². The summed E-state index contributed by atoms with van der Waals surface area (Å²) < 4.78 is 21.8. The summed E-state index contributed by atoms with van der Waals surface area (Å²) in [7, 11) is 0. The van der Waals surface area contributed by atoms with Crippen LogP contribution in [0.4, 0.5) is 0 Å². The maximum atomic E-state index is 11.9. The van der Waals surface area contributed by atoms with Crippen LogP contribution >= 0.6 is 35.0 Å². The van der Waals surface area contributed by atoms with Gasteiger partial charge < -0.3 is 18.9 Å². The molecule has 0 aliphatic carbocycles. The molecule has 29 heavy (non-hydrogen) atoms. The largest absolute Gasteiger partial charge is 0.426 e. The van der Waals surface area contributed by atoms with E-state index in [0.717, 1.165) is 63.1 Å². The first-order chi connectivity index (χ1) is 14.0. The van der Waals surface area contributed by atoms with Crippen molar-refractivity contribution < 1.29 is 28.5 Å². The number of thioether (sulfide) groups is 1. The number of rotatable bonds is 14. The highest BCUT2D eigenvalue weighted by atomic mass is 35.5. The van der Waals surface area contributed by atoms with Crippen molar-refractivity contribution >= 4 is 46.9 Å². The highest BCUT2D eigenvalue weighted by molar-refractivity contribution is 8.07. The van der Waals surface area contributed by atoms with E-state index in [1.807, 2.05) is 0 Å². The van der Waals surface area contributed by atoms with Crippen molar-refractivity contribution in [2.75, 3.05) is 13.2 Å². The number of unbranched alkanes of at least 4 members (excludes halogenated alkanes) is 6. The third-order valence-corrected chi connectivity index (χ3v) is 6.57. The number of hydrogen-bond acceptors (Lipinski definition) is 7. The van der Waals surface area contributed by atoms with Gasteiger partial charge in [0.25, 0.3) is 0 Å². The summed E-state index contributed by atoms with van der Waals surface area (Å²) in [5, 5.41) is -0.155. The van der Waals surface area contributed by atoms with Crippen LogP contribution in [0.3, 0.4) is 0 Å². The van der Waals surface area contributed by atoms with Crippen LogP contribution in [0.15, 0.2) is 19.9 Å². The fourth-order valence-corrected chi connectivity index (χ4v) is 4.28. The molecule has 0 spiro atoms.